The van der Waals surface area contributed by atoms with Gasteiger partial charge in [-0.3, -0.25) is 0 Å². The molecule has 194 valence electrons. The highest BCUT2D eigenvalue weighted by molar-refractivity contribution is 5.68. The number of nitrogens with zero attached hydrogens (tertiary/aromatic N) is 1. The van der Waals surface area contributed by atoms with Gasteiger partial charge in [0.2, 0.25) is 0 Å². The van der Waals surface area contributed by atoms with Crippen LogP contribution < -0.4 is 10.1 Å². The lowest BCUT2D eigenvalue weighted by atomic mass is 9.63. The number of unbranched alkanes of at least 4 members (excludes halogenated alkanes) is 6. The Hall–Kier alpha value is -2.86. The molecule has 5 rings (SSSR count). The smallest absolute Gasteiger partial charge is 0.405 e. The van der Waals surface area contributed by atoms with Crippen LogP contribution in [0.15, 0.2) is 54.6 Å². The van der Waals surface area contributed by atoms with Crippen molar-refractivity contribution in [2.75, 3.05) is 26.2 Å². The fraction of sp³-hybridized carbons (Fsp3) is 0.533. The maximum absolute atomic E-state index is 12.3. The molecular weight excluding hydrogens is 452 g/mol. The van der Waals surface area contributed by atoms with Crippen molar-refractivity contribution in [3.63, 3.8) is 0 Å². The molecule has 3 aliphatic heterocycles. The monoisotopic (exact) mass is 492 g/mol. The van der Waals surface area contributed by atoms with Crippen LogP contribution in [-0.2, 0) is 10.3 Å². The van der Waals surface area contributed by atoms with Crippen LogP contribution in [0.1, 0.15) is 68.9 Å². The molecule has 2 bridgehead atoms. The minimum absolute atomic E-state index is 0.146. The van der Waals surface area contributed by atoms with Crippen molar-refractivity contribution in [2.24, 2.45) is 11.8 Å². The van der Waals surface area contributed by atoms with Gasteiger partial charge in [0.25, 0.3) is 0 Å². The number of carbonyl (C=O) groups excluding carboxylic acids is 1. The Labute approximate surface area is 215 Å². The van der Waals surface area contributed by atoms with Crippen LogP contribution in [0.3, 0.4) is 0 Å². The number of ether oxygens (including phenoxy) is 1. The number of carbonyl (C=O) groups is 2. The number of carboxylic acid groups (broad SMARTS) is 1. The molecule has 0 aliphatic carbocycles. The normalized spacial score (nSPS) is 22.5. The largest absolute Gasteiger partial charge is 0.494 e. The summed E-state index contributed by atoms with van der Waals surface area (Å²) >= 11 is 0. The van der Waals surface area contributed by atoms with Gasteiger partial charge in [0, 0.05) is 18.9 Å². The quantitative estimate of drug-likeness (QED) is 0.256. The predicted octanol–water partition coefficient (Wildman–Crippen LogP) is 5.85. The average molecular weight is 493 g/mol. The van der Waals surface area contributed by atoms with E-state index in [0.717, 1.165) is 94.2 Å². The fourth-order valence-corrected chi connectivity index (χ4v) is 6.22. The van der Waals surface area contributed by atoms with E-state index in [1.807, 2.05) is 42.5 Å². The Morgan fingerprint density at radius 2 is 1.67 bits per heavy atom. The summed E-state index contributed by atoms with van der Waals surface area (Å²) in [5, 5.41) is 13.1. The summed E-state index contributed by atoms with van der Waals surface area (Å²) in [7, 11) is 0. The molecule has 2 unspecified atom stereocenters. The van der Waals surface area contributed by atoms with Crippen molar-refractivity contribution >= 4 is 12.4 Å². The van der Waals surface area contributed by atoms with Crippen LogP contribution in [0.4, 0.5) is 4.79 Å². The van der Waals surface area contributed by atoms with Gasteiger partial charge in [-0.25, -0.2) is 4.79 Å². The van der Waals surface area contributed by atoms with Crippen LogP contribution in [-0.4, -0.2) is 48.6 Å². The second-order valence-electron chi connectivity index (χ2n) is 10.3. The molecule has 0 spiro atoms. The number of nitrogens with one attached hydrogen (secondary N) is 1. The van der Waals surface area contributed by atoms with Crippen LogP contribution in [0.5, 0.6) is 5.75 Å². The van der Waals surface area contributed by atoms with Crippen molar-refractivity contribution < 1.29 is 19.4 Å². The third-order valence-corrected chi connectivity index (χ3v) is 8.02. The van der Waals surface area contributed by atoms with E-state index in [1.54, 1.807) is 0 Å². The summed E-state index contributed by atoms with van der Waals surface area (Å²) in [4.78, 5) is 25.2. The highest BCUT2D eigenvalue weighted by atomic mass is 16.5. The highest BCUT2D eigenvalue weighted by Gasteiger charge is 2.50. The number of hydrogen-bond acceptors (Lipinski definition) is 4. The van der Waals surface area contributed by atoms with E-state index in [2.05, 4.69) is 22.3 Å². The van der Waals surface area contributed by atoms with Gasteiger partial charge in [0.1, 0.15) is 12.0 Å². The van der Waals surface area contributed by atoms with Gasteiger partial charge in [-0.1, -0.05) is 68.1 Å². The Morgan fingerprint density at radius 1 is 0.972 bits per heavy atom. The molecule has 3 aliphatic rings. The molecule has 3 saturated heterocycles. The molecule has 0 radical (unpaired) electrons. The minimum atomic E-state index is -1.00. The van der Waals surface area contributed by atoms with Crippen molar-refractivity contribution in [1.82, 2.24) is 10.2 Å². The van der Waals surface area contributed by atoms with Gasteiger partial charge in [-0.15, -0.1) is 0 Å². The molecular formula is C30H40N2O4. The Balaban J connectivity index is 1.52. The molecule has 0 saturated carbocycles. The summed E-state index contributed by atoms with van der Waals surface area (Å²) < 4.78 is 6.15. The van der Waals surface area contributed by atoms with Crippen LogP contribution in [0.2, 0.25) is 0 Å². The highest BCUT2D eigenvalue weighted by Crippen LogP contribution is 2.47. The zero-order valence-corrected chi connectivity index (χ0v) is 21.2. The molecule has 0 aromatic heterocycles. The standard InChI is InChI=1S/C30H40N2O4/c33-20-9-4-2-1-3-5-10-21-36-27-15-11-14-26(22-27)30(31-29(34)35,25-12-7-6-8-13-25)28-23-32-18-16-24(28)17-19-32/h6-8,11-15,20,22,24,28,31H,1-5,9-10,16-19,21,23H2,(H,34,35). The minimum Gasteiger partial charge on any atom is -0.494 e. The summed E-state index contributed by atoms with van der Waals surface area (Å²) in [6, 6.07) is 18.1. The fourth-order valence-electron chi connectivity index (χ4n) is 6.22. The summed E-state index contributed by atoms with van der Waals surface area (Å²) in [6.45, 7) is 3.72. The first-order chi connectivity index (χ1) is 17.6. The zero-order valence-electron chi connectivity index (χ0n) is 21.2. The lowest BCUT2D eigenvalue weighted by Crippen LogP contribution is -2.61. The number of piperidine rings is 3. The van der Waals surface area contributed by atoms with E-state index in [1.165, 1.54) is 0 Å². The predicted molar refractivity (Wildman–Crippen MR) is 141 cm³/mol. The van der Waals surface area contributed by atoms with E-state index in [0.29, 0.717) is 18.9 Å². The Morgan fingerprint density at radius 3 is 2.33 bits per heavy atom. The van der Waals surface area contributed by atoms with Gasteiger partial charge < -0.3 is 24.9 Å². The van der Waals surface area contributed by atoms with Crippen LogP contribution in [0.25, 0.3) is 0 Å². The number of rotatable bonds is 14. The topological polar surface area (TPSA) is 78.9 Å². The summed E-state index contributed by atoms with van der Waals surface area (Å²) in [6.07, 6.45) is 9.36. The van der Waals surface area contributed by atoms with Crippen molar-refractivity contribution in [1.29, 1.82) is 0 Å². The second kappa shape index (κ2) is 12.9. The molecule has 2 aromatic carbocycles. The van der Waals surface area contributed by atoms with Gasteiger partial charge >= 0.3 is 6.09 Å². The van der Waals surface area contributed by atoms with E-state index >= 15 is 0 Å². The van der Waals surface area contributed by atoms with E-state index in [4.69, 9.17) is 4.74 Å². The molecule has 3 heterocycles. The summed E-state index contributed by atoms with van der Waals surface area (Å²) in [5.41, 5.74) is 1.10. The number of benzene rings is 2. The Kier molecular flexibility index (Phi) is 9.40. The average Bonchev–Trinajstić information content (AvgIpc) is 2.92. The Bertz CT molecular complexity index is 974. The molecule has 3 fully saturated rings. The van der Waals surface area contributed by atoms with E-state index in [-0.39, 0.29) is 5.92 Å². The first-order valence-electron chi connectivity index (χ1n) is 13.6. The lowest BCUT2D eigenvalue weighted by Gasteiger charge is -2.53. The van der Waals surface area contributed by atoms with E-state index < -0.39 is 11.6 Å². The van der Waals surface area contributed by atoms with Crippen molar-refractivity contribution in [3.05, 3.63) is 65.7 Å². The van der Waals surface area contributed by atoms with Gasteiger partial charge in [0.05, 0.1) is 12.1 Å². The van der Waals surface area contributed by atoms with Crippen LogP contribution in [0, 0.1) is 11.8 Å². The number of hydrogen-bond donors (Lipinski definition) is 2. The van der Waals surface area contributed by atoms with Crippen LogP contribution >= 0.6 is 0 Å². The number of aldehydes is 1. The SMILES string of the molecule is O=CCCCCCCCCOc1cccc(C(NC(=O)O)(c2ccccc2)C2CN3CCC2CC3)c1. The third kappa shape index (κ3) is 6.28. The maximum atomic E-state index is 12.3. The van der Waals surface area contributed by atoms with Gasteiger partial charge in [-0.05, 0) is 68.0 Å². The van der Waals surface area contributed by atoms with Crippen molar-refractivity contribution in [2.45, 2.75) is 63.3 Å². The molecule has 2 aromatic rings. The maximum Gasteiger partial charge on any atom is 0.405 e. The number of amides is 1. The van der Waals surface area contributed by atoms with Gasteiger partial charge in [-0.2, -0.15) is 0 Å². The lowest BCUT2D eigenvalue weighted by molar-refractivity contribution is -0.107. The van der Waals surface area contributed by atoms with Crippen molar-refractivity contribution in [3.8, 4) is 5.75 Å². The molecule has 2 atom stereocenters. The second-order valence-corrected chi connectivity index (χ2v) is 10.3. The first kappa shape index (κ1) is 26.2. The number of fused-ring (bicyclic) bond motifs is 3. The summed E-state index contributed by atoms with van der Waals surface area (Å²) in [5.74, 6) is 1.40. The molecule has 6 heteroatoms. The zero-order chi connectivity index (χ0) is 25.2. The molecule has 1 amide bonds. The molecule has 2 N–H and O–H groups in total. The van der Waals surface area contributed by atoms with Gasteiger partial charge in [0.15, 0.2) is 0 Å². The van der Waals surface area contributed by atoms with E-state index in [9.17, 15) is 14.7 Å². The molecule has 36 heavy (non-hydrogen) atoms. The first-order valence-corrected chi connectivity index (χ1v) is 13.6. The third-order valence-electron chi connectivity index (χ3n) is 8.02. The molecule has 6 nitrogen and oxygen atoms in total.